The molecule has 0 aliphatic carbocycles. The fraction of sp³-hybridized carbons (Fsp3) is 0.600. The summed E-state index contributed by atoms with van der Waals surface area (Å²) in [5.74, 6) is -0.460. The van der Waals surface area contributed by atoms with Crippen molar-refractivity contribution < 1.29 is 36.4 Å². The van der Waals surface area contributed by atoms with E-state index in [1.54, 1.807) is 0 Å². The van der Waals surface area contributed by atoms with Gasteiger partial charge in [0, 0.05) is 39.8 Å². The van der Waals surface area contributed by atoms with Gasteiger partial charge in [0.05, 0.1) is 12.2 Å². The Kier molecular flexibility index (Phi) is 6.08. The number of carbonyl (C=O) groups is 3. The van der Waals surface area contributed by atoms with Crippen LogP contribution in [0.3, 0.4) is 0 Å². The van der Waals surface area contributed by atoms with E-state index in [2.05, 4.69) is 14.7 Å². The molecule has 3 rings (SSSR count). The van der Waals surface area contributed by atoms with Gasteiger partial charge >= 0.3 is 22.5 Å². The summed E-state index contributed by atoms with van der Waals surface area (Å²) < 4.78 is 42.7. The van der Waals surface area contributed by atoms with Crippen molar-refractivity contribution >= 4 is 28.4 Å². The third-order valence-electron chi connectivity index (χ3n) is 4.80. The number of ether oxygens (including phenoxy) is 1. The Balaban J connectivity index is 2.04. The normalized spacial score (nSPS) is 20.0. The number of nitrogens with zero attached hydrogens (tertiary/aromatic N) is 5. The lowest BCUT2D eigenvalue weighted by Gasteiger charge is -2.32. The molecule has 172 valence electrons. The standard InChI is InChI=1S/C15H23N7O8S/c1-19(2)13(23)12-11-10(8(18-20(11)3)7-29-14(24)17-5-4-16)9-6-21(12)15(25)22(9)30-31(26,27)28/h9,12H,4-7,16H2,1-3H3,(H,17,24)(H,26,27,28). The topological polar surface area (TPSA) is 190 Å². The quantitative estimate of drug-likeness (QED) is 0.393. The van der Waals surface area contributed by atoms with Crippen LogP contribution < -0.4 is 11.1 Å². The highest BCUT2D eigenvalue weighted by atomic mass is 32.3. The van der Waals surface area contributed by atoms with Crippen LogP contribution in [-0.2, 0) is 37.9 Å². The zero-order valence-corrected chi connectivity index (χ0v) is 17.8. The van der Waals surface area contributed by atoms with Gasteiger partial charge in [0.15, 0.2) is 6.04 Å². The van der Waals surface area contributed by atoms with Crippen LogP contribution >= 0.6 is 0 Å². The maximum Gasteiger partial charge on any atom is 0.418 e. The maximum atomic E-state index is 12.9. The molecular weight excluding hydrogens is 438 g/mol. The number of rotatable bonds is 7. The van der Waals surface area contributed by atoms with E-state index >= 15 is 0 Å². The van der Waals surface area contributed by atoms with E-state index in [4.69, 9.17) is 15.0 Å². The summed E-state index contributed by atoms with van der Waals surface area (Å²) in [4.78, 5) is 39.9. The molecule has 2 unspecified atom stereocenters. The van der Waals surface area contributed by atoms with Gasteiger partial charge < -0.3 is 25.6 Å². The Morgan fingerprint density at radius 2 is 2.06 bits per heavy atom. The molecule has 4 N–H and O–H groups in total. The second-order valence-corrected chi connectivity index (χ2v) is 8.08. The Morgan fingerprint density at radius 1 is 1.39 bits per heavy atom. The van der Waals surface area contributed by atoms with Gasteiger partial charge in [0.1, 0.15) is 18.3 Å². The molecule has 0 radical (unpaired) electrons. The van der Waals surface area contributed by atoms with E-state index in [-0.39, 0.29) is 31.9 Å². The first-order valence-electron chi connectivity index (χ1n) is 9.10. The molecule has 0 spiro atoms. The number of likely N-dealkylation sites (N-methyl/N-ethyl adjacent to an activating group) is 1. The third-order valence-corrected chi connectivity index (χ3v) is 5.15. The van der Waals surface area contributed by atoms with Crippen molar-refractivity contribution in [1.29, 1.82) is 0 Å². The van der Waals surface area contributed by atoms with Crippen LogP contribution in [0.15, 0.2) is 0 Å². The highest BCUT2D eigenvalue weighted by molar-refractivity contribution is 7.80. The van der Waals surface area contributed by atoms with Gasteiger partial charge in [-0.05, 0) is 0 Å². The Morgan fingerprint density at radius 3 is 2.65 bits per heavy atom. The lowest BCUT2D eigenvalue weighted by atomic mass is 9.94. The maximum absolute atomic E-state index is 12.9. The molecule has 0 saturated carbocycles. The lowest BCUT2D eigenvalue weighted by molar-refractivity contribution is -0.134. The van der Waals surface area contributed by atoms with Crippen LogP contribution in [0.25, 0.3) is 0 Å². The first-order chi connectivity index (χ1) is 14.5. The number of carbonyl (C=O) groups excluding carboxylic acids is 3. The number of urea groups is 1. The number of fused-ring (bicyclic) bond motifs is 4. The molecule has 2 aliphatic rings. The van der Waals surface area contributed by atoms with Gasteiger partial charge in [0.25, 0.3) is 5.91 Å². The minimum absolute atomic E-state index is 0.107. The van der Waals surface area contributed by atoms with E-state index in [1.165, 1.54) is 30.7 Å². The second kappa shape index (κ2) is 8.29. The molecule has 2 aliphatic heterocycles. The van der Waals surface area contributed by atoms with Gasteiger partial charge in [-0.1, -0.05) is 0 Å². The molecule has 15 nitrogen and oxygen atoms in total. The van der Waals surface area contributed by atoms with Crippen LogP contribution in [0.1, 0.15) is 29.0 Å². The molecule has 2 bridgehead atoms. The molecule has 3 heterocycles. The largest absolute Gasteiger partial charge is 0.443 e. The summed E-state index contributed by atoms with van der Waals surface area (Å²) in [6.45, 7) is -0.0263. The van der Waals surface area contributed by atoms with Gasteiger partial charge in [0.2, 0.25) is 0 Å². The predicted octanol–water partition coefficient (Wildman–Crippen LogP) is -1.74. The molecule has 1 fully saturated rings. The fourth-order valence-electron chi connectivity index (χ4n) is 3.61. The minimum atomic E-state index is -5.03. The van der Waals surface area contributed by atoms with Gasteiger partial charge in [-0.3, -0.25) is 14.0 Å². The highest BCUT2D eigenvalue weighted by Crippen LogP contribution is 2.46. The monoisotopic (exact) mass is 461 g/mol. The first kappa shape index (κ1) is 22.7. The average Bonchev–Trinajstić information content (AvgIpc) is 3.14. The van der Waals surface area contributed by atoms with E-state index in [0.29, 0.717) is 16.3 Å². The van der Waals surface area contributed by atoms with Gasteiger partial charge in [-0.25, -0.2) is 9.59 Å². The van der Waals surface area contributed by atoms with Crippen LogP contribution in [0.4, 0.5) is 9.59 Å². The summed E-state index contributed by atoms with van der Waals surface area (Å²) in [5.41, 5.74) is 6.12. The smallest absolute Gasteiger partial charge is 0.418 e. The van der Waals surface area contributed by atoms with Crippen LogP contribution in [0.2, 0.25) is 0 Å². The van der Waals surface area contributed by atoms with Crippen molar-refractivity contribution in [2.45, 2.75) is 18.7 Å². The lowest BCUT2D eigenvalue weighted by Crippen LogP contribution is -2.44. The van der Waals surface area contributed by atoms with Crippen molar-refractivity contribution in [2.24, 2.45) is 12.8 Å². The number of hydrogen-bond acceptors (Lipinski definition) is 9. The number of aryl methyl sites for hydroxylation is 1. The van der Waals surface area contributed by atoms with Crippen LogP contribution in [0, 0.1) is 0 Å². The molecule has 4 amide bonds. The number of nitrogens with two attached hydrogens (primary N) is 1. The first-order valence-corrected chi connectivity index (χ1v) is 10.5. The Bertz CT molecular complexity index is 1010. The number of hydroxylamine groups is 2. The van der Waals surface area contributed by atoms with E-state index < -0.39 is 40.5 Å². The Labute approximate surface area is 177 Å². The van der Waals surface area contributed by atoms with Crippen molar-refractivity contribution in [2.75, 3.05) is 33.7 Å². The zero-order valence-electron chi connectivity index (χ0n) is 17.0. The second-order valence-electron chi connectivity index (χ2n) is 7.07. The molecule has 1 aromatic rings. The average molecular weight is 461 g/mol. The molecule has 16 heteroatoms. The van der Waals surface area contributed by atoms with Crippen LogP contribution in [0.5, 0.6) is 0 Å². The number of amides is 4. The van der Waals surface area contributed by atoms with E-state index in [0.717, 1.165) is 4.90 Å². The van der Waals surface area contributed by atoms with Crippen molar-refractivity contribution in [3.05, 3.63) is 17.0 Å². The van der Waals surface area contributed by atoms with Crippen molar-refractivity contribution in [1.82, 2.24) is 30.0 Å². The molecule has 1 saturated heterocycles. The van der Waals surface area contributed by atoms with Crippen molar-refractivity contribution in [3.63, 3.8) is 0 Å². The summed E-state index contributed by atoms with van der Waals surface area (Å²) in [7, 11) is -0.484. The third kappa shape index (κ3) is 4.27. The van der Waals surface area contributed by atoms with Crippen LogP contribution in [-0.4, -0.2) is 89.4 Å². The molecule has 2 atom stereocenters. The van der Waals surface area contributed by atoms with Gasteiger partial charge in [-0.2, -0.15) is 18.6 Å². The number of aromatic nitrogens is 2. The predicted molar refractivity (Wildman–Crippen MR) is 101 cm³/mol. The summed E-state index contributed by atoms with van der Waals surface area (Å²) in [5, 5.41) is 7.18. The molecular formula is C15H23N7O8S. The minimum Gasteiger partial charge on any atom is -0.443 e. The van der Waals surface area contributed by atoms with Gasteiger partial charge in [-0.15, -0.1) is 4.28 Å². The van der Waals surface area contributed by atoms with Crippen molar-refractivity contribution in [3.8, 4) is 0 Å². The number of alkyl carbamates (subject to hydrolysis) is 1. The summed E-state index contributed by atoms with van der Waals surface area (Å²) in [6.07, 6.45) is -0.753. The number of hydrogen-bond donors (Lipinski definition) is 3. The fourth-order valence-corrected chi connectivity index (χ4v) is 3.99. The molecule has 31 heavy (non-hydrogen) atoms. The summed E-state index contributed by atoms with van der Waals surface area (Å²) in [6, 6.07) is -3.07. The zero-order chi connectivity index (χ0) is 23.1. The SMILES string of the molecule is CN(C)C(=O)C1c2c(c(COC(=O)NCCN)nn2C)C2CN1C(=O)N2OS(=O)(=O)O. The highest BCUT2D eigenvalue weighted by Gasteiger charge is 2.55. The molecule has 0 aromatic carbocycles. The Hall–Kier alpha value is -2.95. The van der Waals surface area contributed by atoms with E-state index in [1.807, 2.05) is 0 Å². The van der Waals surface area contributed by atoms with E-state index in [9.17, 15) is 22.8 Å². The number of nitrogens with one attached hydrogen (secondary N) is 1. The molecule has 1 aromatic heterocycles. The summed E-state index contributed by atoms with van der Waals surface area (Å²) >= 11 is 0.